The molecule has 0 radical (unpaired) electrons. The first-order valence-electron chi connectivity index (χ1n) is 6.92. The van der Waals surface area contributed by atoms with Gasteiger partial charge in [0.2, 0.25) is 5.91 Å². The second-order valence-corrected chi connectivity index (χ2v) is 5.65. The number of carbonyl (C=O) groups excluding carboxylic acids is 1. The number of hydrogen-bond donors (Lipinski definition) is 2. The van der Waals surface area contributed by atoms with E-state index in [2.05, 4.69) is 5.32 Å². The molecule has 0 aliphatic carbocycles. The highest BCUT2D eigenvalue weighted by Crippen LogP contribution is 2.40. The summed E-state index contributed by atoms with van der Waals surface area (Å²) in [4.78, 5) is 23.9. The molecule has 1 aromatic carbocycles. The molecular weight excluding hydrogens is 270 g/mol. The first kappa shape index (κ1) is 13.8. The van der Waals surface area contributed by atoms with Crippen LogP contribution < -0.4 is 5.32 Å². The third-order valence-corrected chi connectivity index (χ3v) is 4.14. The number of benzene rings is 1. The van der Waals surface area contributed by atoms with Gasteiger partial charge in [0.15, 0.2) is 0 Å². The van der Waals surface area contributed by atoms with Gasteiger partial charge in [-0.05, 0) is 31.0 Å². The quantitative estimate of drug-likeness (QED) is 0.833. The van der Waals surface area contributed by atoms with Gasteiger partial charge in [0.25, 0.3) is 0 Å². The van der Waals surface area contributed by atoms with E-state index in [-0.39, 0.29) is 5.91 Å². The Hall–Kier alpha value is -2.14. The molecule has 2 heterocycles. The lowest BCUT2D eigenvalue weighted by Crippen LogP contribution is -2.39. The Labute approximate surface area is 122 Å². The van der Waals surface area contributed by atoms with E-state index >= 15 is 0 Å². The van der Waals surface area contributed by atoms with Crippen molar-refractivity contribution in [3.63, 3.8) is 0 Å². The van der Waals surface area contributed by atoms with Gasteiger partial charge >= 0.3 is 5.97 Å². The first-order valence-corrected chi connectivity index (χ1v) is 6.92. The molecule has 1 aromatic rings. The Bertz CT molecular complexity index is 637. The Morgan fingerprint density at radius 3 is 2.48 bits per heavy atom. The van der Waals surface area contributed by atoms with Crippen molar-refractivity contribution >= 4 is 17.6 Å². The lowest BCUT2D eigenvalue weighted by atomic mass is 9.82. The molecule has 2 N–H and O–H groups in total. The Balaban J connectivity index is 1.83. The van der Waals surface area contributed by atoms with Crippen LogP contribution >= 0.6 is 0 Å². The molecule has 110 valence electrons. The van der Waals surface area contributed by atoms with Crippen molar-refractivity contribution in [2.24, 2.45) is 11.8 Å². The largest absolute Gasteiger partial charge is 0.481 e. The number of rotatable bonds is 3. The number of fused-ring (bicyclic) bond motifs is 2. The summed E-state index contributed by atoms with van der Waals surface area (Å²) in [5.41, 5.74) is 2.70. The standard InChI is InChI=1S/C16H17NO4/c1-8-3-4-9(2)10(7-8)17-15(18)13-11-5-6-12(21-11)14(13)16(19)20/h3-7,11-14H,1-2H3,(H,17,18)(H,19,20)/t11-,12-,13+,14+/m1/s1. The van der Waals surface area contributed by atoms with Crippen molar-refractivity contribution in [3.05, 3.63) is 41.5 Å². The molecule has 2 bridgehead atoms. The summed E-state index contributed by atoms with van der Waals surface area (Å²) in [7, 11) is 0. The minimum absolute atomic E-state index is 0.298. The number of aliphatic carboxylic acids is 1. The number of amides is 1. The first-order chi connectivity index (χ1) is 9.97. The molecule has 2 aliphatic rings. The van der Waals surface area contributed by atoms with E-state index in [1.807, 2.05) is 32.0 Å². The molecule has 1 amide bonds. The average molecular weight is 287 g/mol. The molecule has 0 spiro atoms. The van der Waals surface area contributed by atoms with E-state index in [1.165, 1.54) is 0 Å². The van der Waals surface area contributed by atoms with Gasteiger partial charge in [-0.2, -0.15) is 0 Å². The number of ether oxygens (including phenoxy) is 1. The Kier molecular flexibility index (Phi) is 3.29. The topological polar surface area (TPSA) is 75.6 Å². The molecule has 21 heavy (non-hydrogen) atoms. The summed E-state index contributed by atoms with van der Waals surface area (Å²) >= 11 is 0. The van der Waals surface area contributed by atoms with Crippen LogP contribution in [0.2, 0.25) is 0 Å². The van der Waals surface area contributed by atoms with Crippen molar-refractivity contribution < 1.29 is 19.4 Å². The van der Waals surface area contributed by atoms with Gasteiger partial charge in [0.05, 0.1) is 18.1 Å². The normalized spacial score (nSPS) is 29.6. The summed E-state index contributed by atoms with van der Waals surface area (Å²) in [6.07, 6.45) is 2.56. The minimum Gasteiger partial charge on any atom is -0.481 e. The molecule has 4 atom stereocenters. The van der Waals surface area contributed by atoms with Crippen molar-refractivity contribution in [2.75, 3.05) is 5.32 Å². The number of aryl methyl sites for hydroxylation is 2. The predicted octanol–water partition coefficient (Wildman–Crippen LogP) is 1.90. The molecule has 1 saturated heterocycles. The van der Waals surface area contributed by atoms with Crippen molar-refractivity contribution in [3.8, 4) is 0 Å². The van der Waals surface area contributed by atoms with Gasteiger partial charge in [0.1, 0.15) is 5.92 Å². The van der Waals surface area contributed by atoms with Gasteiger partial charge < -0.3 is 15.2 Å². The highest BCUT2D eigenvalue weighted by Gasteiger charge is 2.53. The molecule has 0 aromatic heterocycles. The third kappa shape index (κ3) is 2.34. The Morgan fingerprint density at radius 2 is 1.81 bits per heavy atom. The van der Waals surface area contributed by atoms with Crippen LogP contribution in [0.1, 0.15) is 11.1 Å². The van der Waals surface area contributed by atoms with E-state index in [9.17, 15) is 14.7 Å². The van der Waals surface area contributed by atoms with E-state index in [4.69, 9.17) is 4.74 Å². The zero-order chi connectivity index (χ0) is 15.1. The van der Waals surface area contributed by atoms with Crippen LogP contribution in [0.15, 0.2) is 30.4 Å². The lowest BCUT2D eigenvalue weighted by molar-refractivity contribution is -0.145. The van der Waals surface area contributed by atoms with Gasteiger partial charge in [-0.15, -0.1) is 0 Å². The van der Waals surface area contributed by atoms with E-state index in [0.717, 1.165) is 16.8 Å². The van der Waals surface area contributed by atoms with E-state index in [1.54, 1.807) is 12.2 Å². The minimum atomic E-state index is -0.993. The number of carbonyl (C=O) groups is 2. The predicted molar refractivity (Wildman–Crippen MR) is 77.0 cm³/mol. The van der Waals surface area contributed by atoms with E-state index in [0.29, 0.717) is 0 Å². The summed E-state index contributed by atoms with van der Waals surface area (Å²) in [6, 6.07) is 5.78. The maximum Gasteiger partial charge on any atom is 0.310 e. The number of nitrogens with one attached hydrogen (secondary N) is 1. The van der Waals surface area contributed by atoms with Gasteiger partial charge in [0, 0.05) is 5.69 Å². The van der Waals surface area contributed by atoms with Gasteiger partial charge in [-0.1, -0.05) is 24.3 Å². The summed E-state index contributed by atoms with van der Waals surface area (Å²) in [5, 5.41) is 12.2. The second-order valence-electron chi connectivity index (χ2n) is 5.65. The molecule has 5 heteroatoms. The molecule has 3 rings (SSSR count). The summed E-state index contributed by atoms with van der Waals surface area (Å²) in [6.45, 7) is 3.85. The average Bonchev–Trinajstić information content (AvgIpc) is 3.03. The number of anilines is 1. The summed E-state index contributed by atoms with van der Waals surface area (Å²) in [5.74, 6) is -2.79. The number of carboxylic acids is 1. The highest BCUT2D eigenvalue weighted by atomic mass is 16.5. The van der Waals surface area contributed by atoms with Crippen molar-refractivity contribution in [2.45, 2.75) is 26.1 Å². The fraction of sp³-hybridized carbons (Fsp3) is 0.375. The SMILES string of the molecule is Cc1ccc(C)c(NC(=O)[C@@H]2[C@@H](C(=O)O)[C@H]3C=C[C@H]2O3)c1. The van der Waals surface area contributed by atoms with Crippen LogP contribution in [-0.2, 0) is 14.3 Å². The van der Waals surface area contributed by atoms with E-state index < -0.39 is 30.0 Å². The molecular formula is C16H17NO4. The highest BCUT2D eigenvalue weighted by molar-refractivity contribution is 5.97. The van der Waals surface area contributed by atoms with Crippen molar-refractivity contribution in [1.82, 2.24) is 0 Å². The van der Waals surface area contributed by atoms with Crippen LogP contribution in [0.3, 0.4) is 0 Å². The molecule has 0 saturated carbocycles. The zero-order valence-corrected chi connectivity index (χ0v) is 11.9. The maximum atomic E-state index is 12.5. The lowest BCUT2D eigenvalue weighted by Gasteiger charge is -2.21. The second kappa shape index (κ2) is 5.00. The van der Waals surface area contributed by atoms with Crippen LogP contribution in [0, 0.1) is 25.7 Å². The van der Waals surface area contributed by atoms with Crippen LogP contribution in [0.4, 0.5) is 5.69 Å². The summed E-state index contributed by atoms with van der Waals surface area (Å²) < 4.78 is 5.52. The third-order valence-electron chi connectivity index (χ3n) is 4.14. The van der Waals surface area contributed by atoms with Crippen LogP contribution in [-0.4, -0.2) is 29.2 Å². The molecule has 0 unspecified atom stereocenters. The Morgan fingerprint density at radius 1 is 1.14 bits per heavy atom. The monoisotopic (exact) mass is 287 g/mol. The smallest absolute Gasteiger partial charge is 0.310 e. The van der Waals surface area contributed by atoms with Gasteiger partial charge in [-0.25, -0.2) is 0 Å². The number of carboxylic acid groups (broad SMARTS) is 1. The zero-order valence-electron chi connectivity index (χ0n) is 11.9. The van der Waals surface area contributed by atoms with Crippen LogP contribution in [0.25, 0.3) is 0 Å². The molecule has 5 nitrogen and oxygen atoms in total. The maximum absolute atomic E-state index is 12.5. The fourth-order valence-corrected chi connectivity index (χ4v) is 3.00. The molecule has 2 aliphatic heterocycles. The molecule has 1 fully saturated rings. The van der Waals surface area contributed by atoms with Gasteiger partial charge in [-0.3, -0.25) is 9.59 Å². The van der Waals surface area contributed by atoms with Crippen molar-refractivity contribution in [1.29, 1.82) is 0 Å². The van der Waals surface area contributed by atoms with Crippen LogP contribution in [0.5, 0.6) is 0 Å². The number of hydrogen-bond acceptors (Lipinski definition) is 3. The fourth-order valence-electron chi connectivity index (χ4n) is 3.00.